The number of halogens is 2. The van der Waals surface area contributed by atoms with Crippen LogP contribution in [-0.2, 0) is 20.9 Å². The number of rotatable bonds is 5. The fourth-order valence-corrected chi connectivity index (χ4v) is 3.35. The third-order valence-electron chi connectivity index (χ3n) is 4.91. The molecular formula is C21H19F2N5O4. The number of alkyl halides is 2. The summed E-state index contributed by atoms with van der Waals surface area (Å²) >= 11 is 0. The van der Waals surface area contributed by atoms with Gasteiger partial charge in [-0.1, -0.05) is 0 Å². The topological polar surface area (TPSA) is 112 Å². The number of amides is 1. The predicted octanol–water partition coefficient (Wildman–Crippen LogP) is 2.40. The average Bonchev–Trinajstić information content (AvgIpc) is 2.94. The second kappa shape index (κ2) is 8.56. The molecule has 166 valence electrons. The van der Waals surface area contributed by atoms with Gasteiger partial charge in [0.2, 0.25) is 5.91 Å². The number of aromatic nitrogens is 2. The number of hydrogen-bond donors (Lipinski definition) is 2. The van der Waals surface area contributed by atoms with Crippen molar-refractivity contribution in [3.8, 4) is 17.1 Å². The van der Waals surface area contributed by atoms with Gasteiger partial charge in [0.05, 0.1) is 24.1 Å². The zero-order chi connectivity index (χ0) is 22.8. The number of anilines is 2. The summed E-state index contributed by atoms with van der Waals surface area (Å²) < 4.78 is 40.1. The quantitative estimate of drug-likeness (QED) is 0.683. The van der Waals surface area contributed by atoms with Crippen LogP contribution in [0.15, 0.2) is 54.4 Å². The van der Waals surface area contributed by atoms with Gasteiger partial charge in [0, 0.05) is 18.0 Å². The van der Waals surface area contributed by atoms with Crippen LogP contribution in [0, 0.1) is 0 Å². The van der Waals surface area contributed by atoms with E-state index in [1.807, 2.05) is 0 Å². The van der Waals surface area contributed by atoms with Crippen LogP contribution >= 0.6 is 0 Å². The van der Waals surface area contributed by atoms with E-state index in [1.54, 1.807) is 35.6 Å². The highest BCUT2D eigenvalue weighted by molar-refractivity contribution is 5.83. The minimum atomic E-state index is -2.89. The summed E-state index contributed by atoms with van der Waals surface area (Å²) in [5, 5.41) is 2.98. The van der Waals surface area contributed by atoms with Crippen LogP contribution in [0.25, 0.3) is 11.4 Å². The molecule has 1 atom stereocenters. The normalized spacial score (nSPS) is 15.9. The van der Waals surface area contributed by atoms with Gasteiger partial charge in [-0.05, 0) is 31.2 Å². The molecule has 3 N–H and O–H groups in total. The van der Waals surface area contributed by atoms with Crippen molar-refractivity contribution >= 4 is 23.4 Å². The minimum absolute atomic E-state index is 0.0750. The van der Waals surface area contributed by atoms with Crippen molar-refractivity contribution < 1.29 is 27.8 Å². The maximum atomic E-state index is 13.7. The Morgan fingerprint density at radius 2 is 2.19 bits per heavy atom. The molecule has 0 unspecified atom stereocenters. The van der Waals surface area contributed by atoms with E-state index in [9.17, 15) is 18.4 Å². The summed E-state index contributed by atoms with van der Waals surface area (Å²) in [5.74, 6) is 1.62. The Balaban J connectivity index is 1.75. The second-order valence-electron chi connectivity index (χ2n) is 7.03. The van der Waals surface area contributed by atoms with Gasteiger partial charge in [-0.3, -0.25) is 9.69 Å². The molecule has 11 heteroatoms. The number of hydrogen-bond acceptors (Lipinski definition) is 7. The first kappa shape index (κ1) is 21.1. The Bertz CT molecular complexity index is 1170. The van der Waals surface area contributed by atoms with Gasteiger partial charge >= 0.3 is 0 Å². The lowest BCUT2D eigenvalue weighted by atomic mass is 10.1. The van der Waals surface area contributed by atoms with E-state index in [-0.39, 0.29) is 12.4 Å². The summed E-state index contributed by atoms with van der Waals surface area (Å²) in [6, 6.07) is 4.59. The standard InChI is InChI=1S/C21H19F2N5O4/c1-12(20(24)30)25-13-4-5-14-16(9-13)31-8-6-27-10-17(26-21(14)27)28-15(19(22)23)3-2-7-32-18(28)11-29/h2-5,7,9-10,12,19,25H,6,8H2,1H3,(H2,24,30)/t12-/m0/s1. The predicted molar refractivity (Wildman–Crippen MR) is 111 cm³/mol. The number of benzene rings is 1. The number of ether oxygens (including phenoxy) is 2. The molecule has 2 aromatic rings. The van der Waals surface area contributed by atoms with Crippen LogP contribution in [0.1, 0.15) is 6.92 Å². The smallest absolute Gasteiger partial charge is 0.293 e. The van der Waals surface area contributed by atoms with Crippen molar-refractivity contribution in [2.45, 2.75) is 25.9 Å². The van der Waals surface area contributed by atoms with E-state index in [0.717, 1.165) is 17.2 Å². The Labute approximate surface area is 181 Å². The number of nitrogens with one attached hydrogen (secondary N) is 1. The number of allylic oxidation sites excluding steroid dienone is 3. The molecule has 0 saturated heterocycles. The first-order chi connectivity index (χ1) is 15.4. The number of carbonyl (C=O) groups is 1. The van der Waals surface area contributed by atoms with Crippen molar-refractivity contribution in [1.29, 1.82) is 0 Å². The molecule has 0 bridgehead atoms. The molecule has 0 saturated carbocycles. The van der Waals surface area contributed by atoms with Gasteiger partial charge in [0.1, 0.15) is 24.2 Å². The maximum Gasteiger partial charge on any atom is 0.293 e. The van der Waals surface area contributed by atoms with Gasteiger partial charge in [0.15, 0.2) is 11.8 Å². The van der Waals surface area contributed by atoms with Crippen LogP contribution in [0.2, 0.25) is 0 Å². The highest BCUT2D eigenvalue weighted by Gasteiger charge is 2.30. The van der Waals surface area contributed by atoms with Crippen molar-refractivity contribution in [1.82, 2.24) is 9.55 Å². The zero-order valence-electron chi connectivity index (χ0n) is 16.9. The Kier molecular flexibility index (Phi) is 5.65. The molecule has 0 aliphatic carbocycles. The van der Waals surface area contributed by atoms with Crippen molar-refractivity contribution in [2.24, 2.45) is 5.73 Å². The van der Waals surface area contributed by atoms with Crippen LogP contribution in [0.4, 0.5) is 20.3 Å². The van der Waals surface area contributed by atoms with E-state index in [2.05, 4.69) is 10.3 Å². The molecule has 1 aromatic heterocycles. The SMILES string of the molecule is C[C@H](Nc1ccc2c(c1)OCCn1cc(N3C(=C=O)OC=CC=C3C(F)F)nc1-2)C(N)=O. The lowest BCUT2D eigenvalue weighted by Gasteiger charge is -2.22. The highest BCUT2D eigenvalue weighted by Crippen LogP contribution is 2.37. The van der Waals surface area contributed by atoms with Crippen LogP contribution in [0.3, 0.4) is 0 Å². The molecule has 3 heterocycles. The van der Waals surface area contributed by atoms with Crippen LogP contribution in [0.5, 0.6) is 5.75 Å². The fraction of sp³-hybridized carbons (Fsp3) is 0.238. The van der Waals surface area contributed by atoms with E-state index >= 15 is 0 Å². The molecule has 32 heavy (non-hydrogen) atoms. The third kappa shape index (κ3) is 3.93. The van der Waals surface area contributed by atoms with Crippen LogP contribution < -0.4 is 20.7 Å². The Morgan fingerprint density at radius 1 is 1.38 bits per heavy atom. The Morgan fingerprint density at radius 3 is 2.91 bits per heavy atom. The van der Waals surface area contributed by atoms with Gasteiger partial charge in [-0.15, -0.1) is 0 Å². The number of carbonyl (C=O) groups excluding carboxylic acids is 2. The molecule has 0 radical (unpaired) electrons. The van der Waals surface area contributed by atoms with E-state index in [4.69, 9.17) is 15.2 Å². The number of nitrogens with two attached hydrogens (primary N) is 1. The molecule has 4 rings (SSSR count). The first-order valence-corrected chi connectivity index (χ1v) is 9.66. The van der Waals surface area contributed by atoms with Gasteiger partial charge in [-0.25, -0.2) is 18.6 Å². The average molecular weight is 443 g/mol. The Hall–Kier alpha value is -4.11. The monoisotopic (exact) mass is 443 g/mol. The number of imidazole rings is 1. The molecule has 0 fully saturated rings. The summed E-state index contributed by atoms with van der Waals surface area (Å²) in [7, 11) is 0. The lowest BCUT2D eigenvalue weighted by Crippen LogP contribution is -2.32. The molecule has 1 aromatic carbocycles. The number of nitrogens with zero attached hydrogens (tertiary/aromatic N) is 3. The minimum Gasteiger partial charge on any atom is -0.491 e. The van der Waals surface area contributed by atoms with Gasteiger partial charge in [0.25, 0.3) is 12.3 Å². The van der Waals surface area contributed by atoms with E-state index in [1.165, 1.54) is 12.3 Å². The number of fused-ring (bicyclic) bond motifs is 3. The van der Waals surface area contributed by atoms with Crippen molar-refractivity contribution in [3.63, 3.8) is 0 Å². The first-order valence-electron chi connectivity index (χ1n) is 9.66. The van der Waals surface area contributed by atoms with Gasteiger partial charge in [-0.2, -0.15) is 0 Å². The van der Waals surface area contributed by atoms with Crippen LogP contribution in [-0.4, -0.2) is 40.5 Å². The third-order valence-corrected chi connectivity index (χ3v) is 4.91. The number of primary amides is 1. The molecular weight excluding hydrogens is 424 g/mol. The summed E-state index contributed by atoms with van der Waals surface area (Å²) in [4.78, 5) is 28.2. The lowest BCUT2D eigenvalue weighted by molar-refractivity contribution is -0.118. The molecule has 2 aliphatic heterocycles. The summed E-state index contributed by atoms with van der Waals surface area (Å²) in [6.45, 7) is 2.31. The summed E-state index contributed by atoms with van der Waals surface area (Å²) in [5.41, 5.74) is 6.06. The second-order valence-corrected chi connectivity index (χ2v) is 7.03. The van der Waals surface area contributed by atoms with Crippen molar-refractivity contribution in [2.75, 3.05) is 16.8 Å². The molecule has 0 spiro atoms. The van der Waals surface area contributed by atoms with E-state index < -0.39 is 30.0 Å². The summed E-state index contributed by atoms with van der Waals surface area (Å²) in [6.07, 6.45) is 2.19. The zero-order valence-corrected chi connectivity index (χ0v) is 16.9. The molecule has 1 amide bonds. The maximum absolute atomic E-state index is 13.7. The van der Waals surface area contributed by atoms with E-state index in [0.29, 0.717) is 29.4 Å². The van der Waals surface area contributed by atoms with Gasteiger partial charge < -0.3 is 25.1 Å². The largest absolute Gasteiger partial charge is 0.491 e. The molecule has 9 nitrogen and oxygen atoms in total. The highest BCUT2D eigenvalue weighted by atomic mass is 19.3. The fourth-order valence-electron chi connectivity index (χ4n) is 3.35. The molecule has 2 aliphatic rings. The van der Waals surface area contributed by atoms with Crippen molar-refractivity contribution in [3.05, 3.63) is 54.4 Å².